The second-order valence-electron chi connectivity index (χ2n) is 8.69. The van der Waals surface area contributed by atoms with Gasteiger partial charge in [0, 0.05) is 45.3 Å². The van der Waals surface area contributed by atoms with E-state index in [2.05, 4.69) is 58.9 Å². The molecule has 3 aliphatic heterocycles. The predicted octanol–water partition coefficient (Wildman–Crippen LogP) is 2.30. The highest BCUT2D eigenvalue weighted by Gasteiger charge is 2.53. The van der Waals surface area contributed by atoms with Crippen LogP contribution in [0.25, 0.3) is 0 Å². The van der Waals surface area contributed by atoms with Crippen molar-refractivity contribution in [1.29, 1.82) is 0 Å². The summed E-state index contributed by atoms with van der Waals surface area (Å²) in [5, 5.41) is 0. The summed E-state index contributed by atoms with van der Waals surface area (Å²) in [6, 6.07) is 11.5. The van der Waals surface area contributed by atoms with Crippen molar-refractivity contribution in [3.63, 3.8) is 0 Å². The Morgan fingerprint density at radius 1 is 1.12 bits per heavy atom. The molecule has 1 atom stereocenters. The first-order valence-corrected chi connectivity index (χ1v) is 9.98. The highest BCUT2D eigenvalue weighted by molar-refractivity contribution is 5.17. The fourth-order valence-electron chi connectivity index (χ4n) is 4.93. The fraction of sp³-hybridized carbons (Fsp3) is 0.714. The Kier molecular flexibility index (Phi) is 5.14. The van der Waals surface area contributed by atoms with Crippen LogP contribution in [0.3, 0.4) is 0 Å². The molecule has 0 bridgehead atoms. The second kappa shape index (κ2) is 7.36. The van der Waals surface area contributed by atoms with E-state index in [1.165, 1.54) is 38.2 Å². The summed E-state index contributed by atoms with van der Waals surface area (Å²) in [7, 11) is 0. The van der Waals surface area contributed by atoms with Crippen LogP contribution >= 0.6 is 0 Å². The highest BCUT2D eigenvalue weighted by atomic mass is 16.5. The predicted molar refractivity (Wildman–Crippen MR) is 102 cm³/mol. The largest absolute Gasteiger partial charge is 0.378 e. The molecule has 3 saturated heterocycles. The van der Waals surface area contributed by atoms with Gasteiger partial charge >= 0.3 is 0 Å². The van der Waals surface area contributed by atoms with E-state index in [4.69, 9.17) is 4.74 Å². The quantitative estimate of drug-likeness (QED) is 0.816. The molecule has 0 N–H and O–H groups in total. The van der Waals surface area contributed by atoms with E-state index < -0.39 is 0 Å². The van der Waals surface area contributed by atoms with Gasteiger partial charge in [-0.2, -0.15) is 0 Å². The number of rotatable bonds is 5. The van der Waals surface area contributed by atoms with Crippen LogP contribution in [0, 0.1) is 5.92 Å². The van der Waals surface area contributed by atoms with Crippen LogP contribution < -0.4 is 0 Å². The van der Waals surface area contributed by atoms with Crippen molar-refractivity contribution >= 4 is 0 Å². The summed E-state index contributed by atoms with van der Waals surface area (Å²) in [5.74, 6) is 0.800. The zero-order valence-electron chi connectivity index (χ0n) is 15.9. The van der Waals surface area contributed by atoms with Crippen molar-refractivity contribution in [1.82, 2.24) is 14.7 Å². The van der Waals surface area contributed by atoms with Gasteiger partial charge in [0.05, 0.1) is 18.8 Å². The fourth-order valence-corrected chi connectivity index (χ4v) is 4.93. The molecule has 4 nitrogen and oxygen atoms in total. The summed E-state index contributed by atoms with van der Waals surface area (Å²) in [6.07, 6.45) is 1.32. The molecule has 3 heterocycles. The Labute approximate surface area is 152 Å². The van der Waals surface area contributed by atoms with Gasteiger partial charge in [0.25, 0.3) is 0 Å². The van der Waals surface area contributed by atoms with Crippen LogP contribution in [0.4, 0.5) is 0 Å². The average molecular weight is 344 g/mol. The SMILES string of the molecule is CC(C)CCN1CC2(CN(Cc3ccccc3)CC3COCCN32)C1. The van der Waals surface area contributed by atoms with E-state index in [-0.39, 0.29) is 0 Å². The Morgan fingerprint density at radius 3 is 2.64 bits per heavy atom. The third-order valence-electron chi connectivity index (χ3n) is 6.13. The topological polar surface area (TPSA) is 19.0 Å². The summed E-state index contributed by atoms with van der Waals surface area (Å²) < 4.78 is 5.82. The molecule has 4 rings (SSSR count). The third-order valence-corrected chi connectivity index (χ3v) is 6.13. The standard InChI is InChI=1S/C21H33N3O/c1-18(2)8-9-22-15-21(16-22)17-23(12-19-6-4-3-5-7-19)13-20-14-25-11-10-24(20)21/h3-7,18,20H,8-17H2,1-2H3. The molecule has 0 amide bonds. The van der Waals surface area contributed by atoms with Crippen molar-refractivity contribution in [3.8, 4) is 0 Å². The van der Waals surface area contributed by atoms with Crippen LogP contribution in [0.15, 0.2) is 30.3 Å². The molecule has 0 saturated carbocycles. The van der Waals surface area contributed by atoms with Gasteiger partial charge in [-0.3, -0.25) is 14.7 Å². The van der Waals surface area contributed by atoms with Gasteiger partial charge in [-0.1, -0.05) is 44.2 Å². The minimum absolute atomic E-state index is 0.360. The van der Waals surface area contributed by atoms with Crippen LogP contribution in [0.5, 0.6) is 0 Å². The molecule has 4 heteroatoms. The molecule has 1 aromatic rings. The molecule has 3 fully saturated rings. The van der Waals surface area contributed by atoms with E-state index in [0.717, 1.165) is 38.8 Å². The van der Waals surface area contributed by atoms with Gasteiger partial charge in [-0.25, -0.2) is 0 Å². The van der Waals surface area contributed by atoms with Crippen LogP contribution in [0.2, 0.25) is 0 Å². The minimum Gasteiger partial charge on any atom is -0.378 e. The monoisotopic (exact) mass is 343 g/mol. The maximum absolute atomic E-state index is 5.82. The van der Waals surface area contributed by atoms with Crippen molar-refractivity contribution in [2.45, 2.75) is 38.4 Å². The van der Waals surface area contributed by atoms with Crippen molar-refractivity contribution < 1.29 is 4.74 Å². The molecule has 0 aliphatic carbocycles. The Bertz CT molecular complexity index is 556. The maximum Gasteiger partial charge on any atom is 0.0635 e. The van der Waals surface area contributed by atoms with E-state index in [0.29, 0.717) is 11.6 Å². The smallest absolute Gasteiger partial charge is 0.0635 e. The molecular formula is C21H33N3O. The van der Waals surface area contributed by atoms with Crippen LogP contribution in [-0.2, 0) is 11.3 Å². The molecule has 138 valence electrons. The van der Waals surface area contributed by atoms with E-state index in [1.807, 2.05) is 0 Å². The first-order chi connectivity index (χ1) is 12.1. The number of hydrogen-bond acceptors (Lipinski definition) is 4. The summed E-state index contributed by atoms with van der Waals surface area (Å²) in [6.45, 7) is 14.7. The molecule has 1 aromatic carbocycles. The van der Waals surface area contributed by atoms with E-state index in [9.17, 15) is 0 Å². The Hall–Kier alpha value is -0.940. The van der Waals surface area contributed by atoms with Gasteiger partial charge in [-0.05, 0) is 24.4 Å². The van der Waals surface area contributed by atoms with Gasteiger partial charge < -0.3 is 4.74 Å². The number of ether oxygens (including phenoxy) is 1. The van der Waals surface area contributed by atoms with Gasteiger partial charge in [0.1, 0.15) is 0 Å². The number of benzene rings is 1. The van der Waals surface area contributed by atoms with E-state index in [1.54, 1.807) is 0 Å². The third kappa shape index (κ3) is 3.77. The molecule has 0 aromatic heterocycles. The number of nitrogens with zero attached hydrogens (tertiary/aromatic N) is 3. The van der Waals surface area contributed by atoms with Gasteiger partial charge in [0.2, 0.25) is 0 Å². The number of fused-ring (bicyclic) bond motifs is 2. The summed E-state index contributed by atoms with van der Waals surface area (Å²) in [4.78, 5) is 8.13. The molecule has 0 radical (unpaired) electrons. The molecule has 3 aliphatic rings. The maximum atomic E-state index is 5.82. The molecular weight excluding hydrogens is 310 g/mol. The molecule has 1 spiro atoms. The van der Waals surface area contributed by atoms with Crippen molar-refractivity contribution in [3.05, 3.63) is 35.9 Å². The number of hydrogen-bond donors (Lipinski definition) is 0. The highest BCUT2D eigenvalue weighted by Crippen LogP contribution is 2.36. The van der Waals surface area contributed by atoms with Gasteiger partial charge in [-0.15, -0.1) is 0 Å². The number of piperazine rings is 1. The van der Waals surface area contributed by atoms with Crippen molar-refractivity contribution in [2.24, 2.45) is 5.92 Å². The zero-order chi connectivity index (χ0) is 17.3. The first-order valence-electron chi connectivity index (χ1n) is 9.98. The van der Waals surface area contributed by atoms with Crippen LogP contribution in [0.1, 0.15) is 25.8 Å². The lowest BCUT2D eigenvalue weighted by molar-refractivity contribution is -0.167. The molecule has 25 heavy (non-hydrogen) atoms. The second-order valence-corrected chi connectivity index (χ2v) is 8.69. The number of likely N-dealkylation sites (tertiary alicyclic amines) is 1. The Balaban J connectivity index is 1.43. The summed E-state index contributed by atoms with van der Waals surface area (Å²) >= 11 is 0. The normalized spacial score (nSPS) is 27.4. The van der Waals surface area contributed by atoms with Gasteiger partial charge in [0.15, 0.2) is 0 Å². The Morgan fingerprint density at radius 2 is 1.88 bits per heavy atom. The van der Waals surface area contributed by atoms with Crippen molar-refractivity contribution in [2.75, 3.05) is 52.5 Å². The minimum atomic E-state index is 0.360. The van der Waals surface area contributed by atoms with E-state index >= 15 is 0 Å². The van der Waals surface area contributed by atoms with Crippen LogP contribution in [-0.4, -0.2) is 78.8 Å². The summed E-state index contributed by atoms with van der Waals surface area (Å²) in [5.41, 5.74) is 1.79. The average Bonchev–Trinajstić information content (AvgIpc) is 2.58. The molecule has 1 unspecified atom stereocenters. The zero-order valence-corrected chi connectivity index (χ0v) is 15.9. The lowest BCUT2D eigenvalue weighted by Gasteiger charge is -2.63. The lowest BCUT2D eigenvalue weighted by Crippen LogP contribution is -2.80. The lowest BCUT2D eigenvalue weighted by atomic mass is 9.82. The first kappa shape index (κ1) is 17.5. The number of morpholine rings is 1.